The van der Waals surface area contributed by atoms with Crippen LogP contribution in [0.25, 0.3) is 21.3 Å². The Morgan fingerprint density at radius 3 is 2.78 bits per heavy atom. The molecule has 2 aromatic heterocycles. The summed E-state index contributed by atoms with van der Waals surface area (Å²) in [5, 5.41) is 5.49. The van der Waals surface area contributed by atoms with Crippen molar-refractivity contribution in [2.75, 3.05) is 0 Å². The zero-order valence-corrected chi connectivity index (χ0v) is 17.0. The number of benzene rings is 1. The topological polar surface area (TPSA) is 64.0 Å². The molecule has 0 saturated carbocycles. The van der Waals surface area contributed by atoms with Crippen LogP contribution >= 0.6 is 11.3 Å². The Balaban J connectivity index is 1.96. The molecule has 0 aliphatic heterocycles. The third-order valence-corrected chi connectivity index (χ3v) is 5.71. The van der Waals surface area contributed by atoms with E-state index >= 15 is 0 Å². The largest absolute Gasteiger partial charge is 0.352 e. The lowest BCUT2D eigenvalue weighted by Crippen LogP contribution is -2.37. The lowest BCUT2D eigenvalue weighted by molar-refractivity contribution is -0.122. The van der Waals surface area contributed by atoms with Crippen LogP contribution in [0, 0.1) is 13.8 Å². The minimum absolute atomic E-state index is 0.0158. The number of fused-ring (bicyclic) bond motifs is 1. The van der Waals surface area contributed by atoms with E-state index in [2.05, 4.69) is 43.2 Å². The molecule has 1 amide bonds. The van der Waals surface area contributed by atoms with E-state index in [0.717, 1.165) is 24.0 Å². The van der Waals surface area contributed by atoms with Crippen molar-refractivity contribution in [1.29, 1.82) is 0 Å². The van der Waals surface area contributed by atoms with Gasteiger partial charge in [0.2, 0.25) is 5.91 Å². The summed E-state index contributed by atoms with van der Waals surface area (Å²) in [6, 6.07) is 6.28. The van der Waals surface area contributed by atoms with Crippen LogP contribution in [-0.2, 0) is 11.3 Å². The summed E-state index contributed by atoms with van der Waals surface area (Å²) in [5.74, 6) is -0.165. The number of aryl methyl sites for hydroxylation is 2. The number of carbonyl (C=O) groups excluding carboxylic acids is 1. The molecule has 6 heteroatoms. The van der Waals surface area contributed by atoms with Crippen molar-refractivity contribution < 1.29 is 4.79 Å². The first-order chi connectivity index (χ1) is 12.9. The Morgan fingerprint density at radius 1 is 1.30 bits per heavy atom. The summed E-state index contributed by atoms with van der Waals surface area (Å²) in [5.41, 5.74) is 4.10. The highest BCUT2D eigenvalue weighted by Gasteiger charge is 2.15. The van der Waals surface area contributed by atoms with Crippen molar-refractivity contribution >= 4 is 27.5 Å². The molecule has 0 aliphatic carbocycles. The second-order valence-electron chi connectivity index (χ2n) is 7.06. The lowest BCUT2D eigenvalue weighted by atomic mass is 10.0. The summed E-state index contributed by atoms with van der Waals surface area (Å²) < 4.78 is 1.40. The van der Waals surface area contributed by atoms with E-state index in [4.69, 9.17) is 0 Å². The molecule has 0 fully saturated rings. The van der Waals surface area contributed by atoms with Crippen LogP contribution in [0.3, 0.4) is 0 Å². The summed E-state index contributed by atoms with van der Waals surface area (Å²) in [6.45, 7) is 8.17. The van der Waals surface area contributed by atoms with Crippen LogP contribution in [-0.4, -0.2) is 21.5 Å². The number of aromatic nitrogens is 2. The molecule has 3 rings (SSSR count). The normalized spacial score (nSPS) is 12.3. The third kappa shape index (κ3) is 4.11. The van der Waals surface area contributed by atoms with Gasteiger partial charge in [-0.15, -0.1) is 11.3 Å². The summed E-state index contributed by atoms with van der Waals surface area (Å²) in [7, 11) is 0. The quantitative estimate of drug-likeness (QED) is 0.698. The molecule has 1 aromatic carbocycles. The van der Waals surface area contributed by atoms with Crippen molar-refractivity contribution in [3.63, 3.8) is 0 Å². The van der Waals surface area contributed by atoms with Gasteiger partial charge in [0.1, 0.15) is 11.4 Å². The molecule has 1 atom stereocenters. The summed E-state index contributed by atoms with van der Waals surface area (Å²) >= 11 is 1.45. The fourth-order valence-corrected chi connectivity index (χ4v) is 4.09. The fourth-order valence-electron chi connectivity index (χ4n) is 3.18. The molecule has 0 aliphatic rings. The van der Waals surface area contributed by atoms with Gasteiger partial charge in [0.25, 0.3) is 5.56 Å². The van der Waals surface area contributed by atoms with Crippen molar-refractivity contribution in [3.05, 3.63) is 51.4 Å². The molecule has 5 nitrogen and oxygen atoms in total. The highest BCUT2D eigenvalue weighted by atomic mass is 32.1. The van der Waals surface area contributed by atoms with Gasteiger partial charge in [-0.3, -0.25) is 14.2 Å². The molecule has 1 N–H and O–H groups in total. The molecule has 0 spiro atoms. The van der Waals surface area contributed by atoms with E-state index in [9.17, 15) is 9.59 Å². The smallest absolute Gasteiger partial charge is 0.263 e. The van der Waals surface area contributed by atoms with Crippen molar-refractivity contribution in [2.24, 2.45) is 0 Å². The van der Waals surface area contributed by atoms with Crippen LogP contribution in [0.1, 0.15) is 37.8 Å². The summed E-state index contributed by atoms with van der Waals surface area (Å²) in [4.78, 5) is 30.4. The van der Waals surface area contributed by atoms with Gasteiger partial charge in [0, 0.05) is 17.0 Å². The highest BCUT2D eigenvalue weighted by Crippen LogP contribution is 2.31. The zero-order chi connectivity index (χ0) is 19.6. The Bertz CT molecular complexity index is 1040. The van der Waals surface area contributed by atoms with Gasteiger partial charge in [-0.25, -0.2) is 4.98 Å². The van der Waals surface area contributed by atoms with Gasteiger partial charge in [0.05, 0.1) is 11.7 Å². The van der Waals surface area contributed by atoms with Crippen LogP contribution in [0.4, 0.5) is 0 Å². The molecular formula is C21H25N3O2S. The number of hydrogen-bond donors (Lipinski definition) is 1. The highest BCUT2D eigenvalue weighted by molar-refractivity contribution is 7.17. The Hall–Kier alpha value is -2.47. The fraction of sp³-hybridized carbons (Fsp3) is 0.381. The second kappa shape index (κ2) is 8.05. The van der Waals surface area contributed by atoms with Crippen LogP contribution in [0.15, 0.2) is 34.7 Å². The van der Waals surface area contributed by atoms with E-state index in [1.807, 2.05) is 18.4 Å². The van der Waals surface area contributed by atoms with Gasteiger partial charge in [-0.1, -0.05) is 31.5 Å². The average molecular weight is 384 g/mol. The Labute approximate surface area is 163 Å². The number of hydrogen-bond acceptors (Lipinski definition) is 4. The number of rotatable bonds is 6. The maximum absolute atomic E-state index is 13.0. The number of thiophene rings is 1. The lowest BCUT2D eigenvalue weighted by Gasteiger charge is -2.13. The summed E-state index contributed by atoms with van der Waals surface area (Å²) in [6.07, 6.45) is 3.39. The minimum Gasteiger partial charge on any atom is -0.352 e. The maximum atomic E-state index is 13.0. The first-order valence-corrected chi connectivity index (χ1v) is 10.1. The van der Waals surface area contributed by atoms with Crippen molar-refractivity contribution in [3.8, 4) is 11.1 Å². The van der Waals surface area contributed by atoms with Crippen LogP contribution in [0.5, 0.6) is 0 Å². The molecule has 0 saturated heterocycles. The molecule has 0 bridgehead atoms. The molecule has 0 radical (unpaired) electrons. The number of amides is 1. The average Bonchev–Trinajstić information content (AvgIpc) is 3.05. The Morgan fingerprint density at radius 2 is 2.07 bits per heavy atom. The van der Waals surface area contributed by atoms with Gasteiger partial charge in [0.15, 0.2) is 0 Å². The molecule has 27 heavy (non-hydrogen) atoms. The third-order valence-electron chi connectivity index (χ3n) is 4.82. The van der Waals surface area contributed by atoms with E-state index in [1.165, 1.54) is 33.4 Å². The number of carbonyl (C=O) groups is 1. The van der Waals surface area contributed by atoms with E-state index in [1.54, 1.807) is 0 Å². The Kier molecular flexibility index (Phi) is 5.75. The molecular weight excluding hydrogens is 358 g/mol. The van der Waals surface area contributed by atoms with Crippen molar-refractivity contribution in [1.82, 2.24) is 14.9 Å². The number of nitrogens with one attached hydrogen (secondary N) is 1. The molecule has 1 unspecified atom stereocenters. The molecule has 2 heterocycles. The SMILES string of the molecule is CCCC(C)NC(=O)Cn1cnc2scc(-c3ccc(C)c(C)c3)c2c1=O. The first kappa shape index (κ1) is 19.3. The molecule has 3 aromatic rings. The standard InChI is InChI=1S/C21H25N3O2S/c1-5-6-15(4)23-18(25)10-24-12-22-20-19(21(24)26)17(11-27-20)16-8-7-13(2)14(3)9-16/h7-9,11-12,15H,5-6,10H2,1-4H3,(H,23,25). The predicted molar refractivity (Wildman–Crippen MR) is 111 cm³/mol. The van der Waals surface area contributed by atoms with Crippen LogP contribution < -0.4 is 10.9 Å². The predicted octanol–water partition coefficient (Wildman–Crippen LogP) is 4.05. The van der Waals surface area contributed by atoms with E-state index in [0.29, 0.717) is 10.2 Å². The van der Waals surface area contributed by atoms with Gasteiger partial charge < -0.3 is 5.32 Å². The first-order valence-electron chi connectivity index (χ1n) is 9.24. The maximum Gasteiger partial charge on any atom is 0.263 e. The van der Waals surface area contributed by atoms with Gasteiger partial charge in [-0.2, -0.15) is 0 Å². The minimum atomic E-state index is -0.173. The van der Waals surface area contributed by atoms with Crippen LogP contribution in [0.2, 0.25) is 0 Å². The van der Waals surface area contributed by atoms with E-state index < -0.39 is 0 Å². The van der Waals surface area contributed by atoms with Crippen molar-refractivity contribution in [2.45, 2.75) is 53.1 Å². The van der Waals surface area contributed by atoms with E-state index in [-0.39, 0.29) is 24.1 Å². The number of nitrogens with zero attached hydrogens (tertiary/aromatic N) is 2. The monoisotopic (exact) mass is 383 g/mol. The molecule has 142 valence electrons. The second-order valence-corrected chi connectivity index (χ2v) is 7.92. The van der Waals surface area contributed by atoms with Gasteiger partial charge >= 0.3 is 0 Å². The zero-order valence-electron chi connectivity index (χ0n) is 16.2. The van der Waals surface area contributed by atoms with Gasteiger partial charge in [-0.05, 0) is 43.9 Å².